The van der Waals surface area contributed by atoms with Gasteiger partial charge in [0.2, 0.25) is 0 Å². The zero-order valence-electron chi connectivity index (χ0n) is 14.6. The van der Waals surface area contributed by atoms with Crippen LogP contribution in [0.15, 0.2) is 29.3 Å². The molecule has 1 aliphatic rings. The Bertz CT molecular complexity index is 1270. The molecule has 0 atom stereocenters. The second-order valence-electron chi connectivity index (χ2n) is 6.83. The molecule has 0 bridgehead atoms. The van der Waals surface area contributed by atoms with E-state index >= 15 is 0 Å². The maximum Gasteiger partial charge on any atom is 0.272 e. The molecular weight excluding hydrogens is 347 g/mol. The van der Waals surface area contributed by atoms with Gasteiger partial charge in [-0.3, -0.25) is 14.9 Å². The second kappa shape index (κ2) is 5.54. The van der Waals surface area contributed by atoms with E-state index in [1.807, 2.05) is 13.1 Å². The highest BCUT2D eigenvalue weighted by molar-refractivity contribution is 6.07. The van der Waals surface area contributed by atoms with E-state index in [0.29, 0.717) is 27.5 Å². The van der Waals surface area contributed by atoms with E-state index in [0.717, 1.165) is 30.8 Å². The molecular formula is C19H17FN6O. The van der Waals surface area contributed by atoms with Gasteiger partial charge in [-0.2, -0.15) is 5.10 Å². The van der Waals surface area contributed by atoms with Gasteiger partial charge in [0.05, 0.1) is 29.1 Å². The average molecular weight is 364 g/mol. The first-order valence-electron chi connectivity index (χ1n) is 8.74. The van der Waals surface area contributed by atoms with Gasteiger partial charge in [0.15, 0.2) is 0 Å². The number of nitrogens with one attached hydrogen (secondary N) is 2. The van der Waals surface area contributed by atoms with E-state index in [-0.39, 0.29) is 16.8 Å². The van der Waals surface area contributed by atoms with Gasteiger partial charge in [-0.1, -0.05) is 6.07 Å². The van der Waals surface area contributed by atoms with Crippen LogP contribution >= 0.6 is 0 Å². The van der Waals surface area contributed by atoms with Crippen molar-refractivity contribution in [2.75, 3.05) is 23.7 Å². The number of nitrogens with zero attached hydrogens (tertiary/aromatic N) is 3. The minimum Gasteiger partial charge on any atom is -0.394 e. The monoisotopic (exact) mass is 364 g/mol. The fraction of sp³-hybridized carbons (Fsp3) is 0.211. The van der Waals surface area contributed by atoms with Crippen LogP contribution in [0.1, 0.15) is 12.0 Å². The van der Waals surface area contributed by atoms with Gasteiger partial charge in [-0.15, -0.1) is 0 Å². The molecule has 4 N–H and O–H groups in total. The first kappa shape index (κ1) is 15.8. The van der Waals surface area contributed by atoms with Crippen LogP contribution < -0.4 is 16.2 Å². The molecule has 3 aromatic heterocycles. The number of aryl methyl sites for hydroxylation is 1. The molecule has 1 aromatic carbocycles. The lowest BCUT2D eigenvalue weighted by Crippen LogP contribution is -2.37. The van der Waals surface area contributed by atoms with Gasteiger partial charge in [-0.25, -0.2) is 4.39 Å². The van der Waals surface area contributed by atoms with Gasteiger partial charge < -0.3 is 15.6 Å². The topological polar surface area (TPSA) is 104 Å². The largest absolute Gasteiger partial charge is 0.394 e. The summed E-state index contributed by atoms with van der Waals surface area (Å²) in [6, 6.07) is 2.95. The average Bonchev–Trinajstić information content (AvgIpc) is 3.10. The summed E-state index contributed by atoms with van der Waals surface area (Å²) in [5, 5.41) is 7.14. The Morgan fingerprint density at radius 2 is 2.04 bits per heavy atom. The van der Waals surface area contributed by atoms with Gasteiger partial charge >= 0.3 is 0 Å². The molecule has 1 saturated heterocycles. The van der Waals surface area contributed by atoms with Gasteiger partial charge in [0.25, 0.3) is 5.56 Å². The number of hydrogen-bond acceptors (Lipinski definition) is 5. The number of hydrogen-bond donors (Lipinski definition) is 3. The van der Waals surface area contributed by atoms with Crippen LogP contribution in [-0.2, 0) is 0 Å². The molecule has 27 heavy (non-hydrogen) atoms. The van der Waals surface area contributed by atoms with Crippen LogP contribution in [0.5, 0.6) is 0 Å². The lowest BCUT2D eigenvalue weighted by molar-refractivity contribution is 0.615. The van der Waals surface area contributed by atoms with E-state index in [1.54, 1.807) is 6.07 Å². The van der Waals surface area contributed by atoms with Crippen LogP contribution in [-0.4, -0.2) is 33.3 Å². The predicted molar refractivity (Wildman–Crippen MR) is 103 cm³/mol. The van der Waals surface area contributed by atoms with Crippen molar-refractivity contribution in [3.8, 4) is 11.1 Å². The number of aromatic nitrogens is 4. The summed E-state index contributed by atoms with van der Waals surface area (Å²) in [6.07, 6.45) is 4.49. The van der Waals surface area contributed by atoms with E-state index in [4.69, 9.17) is 5.73 Å². The number of aromatic amines is 2. The zero-order chi connectivity index (χ0) is 18.7. The van der Waals surface area contributed by atoms with E-state index < -0.39 is 5.82 Å². The van der Waals surface area contributed by atoms with E-state index in [2.05, 4.69) is 25.1 Å². The number of nitrogens with two attached hydrogens (primary N) is 1. The lowest BCUT2D eigenvalue weighted by Gasteiger charge is -2.34. The molecule has 0 spiro atoms. The number of H-pyrrole nitrogens is 2. The van der Waals surface area contributed by atoms with Gasteiger partial charge in [0.1, 0.15) is 17.0 Å². The Morgan fingerprint density at radius 3 is 2.78 bits per heavy atom. The maximum absolute atomic E-state index is 14.1. The molecule has 8 heteroatoms. The maximum atomic E-state index is 14.1. The number of fused-ring (bicyclic) bond motifs is 2. The number of nitrogen functional groups attached to an aromatic ring is 1. The lowest BCUT2D eigenvalue weighted by atomic mass is 9.98. The highest BCUT2D eigenvalue weighted by Gasteiger charge is 2.22. The standard InChI is InChI=1S/C19H17FN6O/c1-9-13(26-5-2-6-26)8-22-18-14(15(21)19(27)24-16(9)18)10-3-4-12(20)17-11(10)7-23-25-17/h3-4,7-8H,2,5-6,21H2,1H3,(H,23,25)(H,24,27). The third kappa shape index (κ3) is 2.16. The number of benzene rings is 1. The summed E-state index contributed by atoms with van der Waals surface area (Å²) in [5.74, 6) is -0.414. The molecule has 5 rings (SSSR count). The van der Waals surface area contributed by atoms with Crippen molar-refractivity contribution >= 4 is 33.3 Å². The Morgan fingerprint density at radius 1 is 1.22 bits per heavy atom. The van der Waals surface area contributed by atoms with Crippen molar-refractivity contribution in [2.45, 2.75) is 13.3 Å². The van der Waals surface area contributed by atoms with Crippen molar-refractivity contribution in [1.29, 1.82) is 0 Å². The third-order valence-electron chi connectivity index (χ3n) is 5.33. The Labute approximate surface area is 153 Å². The highest BCUT2D eigenvalue weighted by Crippen LogP contribution is 2.37. The molecule has 0 amide bonds. The molecule has 7 nitrogen and oxygen atoms in total. The van der Waals surface area contributed by atoms with Crippen LogP contribution in [0.2, 0.25) is 0 Å². The summed E-state index contributed by atoms with van der Waals surface area (Å²) in [6.45, 7) is 3.92. The normalized spacial score (nSPS) is 14.1. The van der Waals surface area contributed by atoms with E-state index in [1.165, 1.54) is 12.3 Å². The summed E-state index contributed by atoms with van der Waals surface area (Å²) in [7, 11) is 0. The summed E-state index contributed by atoms with van der Waals surface area (Å²) in [5.41, 5.74) is 10.4. The summed E-state index contributed by atoms with van der Waals surface area (Å²) < 4.78 is 14.1. The van der Waals surface area contributed by atoms with Crippen molar-refractivity contribution < 1.29 is 4.39 Å². The second-order valence-corrected chi connectivity index (χ2v) is 6.83. The first-order chi connectivity index (χ1) is 13.1. The minimum atomic E-state index is -0.414. The number of halogens is 1. The molecule has 0 aliphatic carbocycles. The fourth-order valence-corrected chi connectivity index (χ4v) is 3.73. The first-order valence-corrected chi connectivity index (χ1v) is 8.74. The van der Waals surface area contributed by atoms with E-state index in [9.17, 15) is 9.18 Å². The van der Waals surface area contributed by atoms with Crippen LogP contribution in [0.4, 0.5) is 15.8 Å². The van der Waals surface area contributed by atoms with Gasteiger partial charge in [0, 0.05) is 24.0 Å². The molecule has 1 aliphatic heterocycles. The summed E-state index contributed by atoms with van der Waals surface area (Å²) >= 11 is 0. The van der Waals surface area contributed by atoms with Gasteiger partial charge in [-0.05, 0) is 30.5 Å². The molecule has 0 radical (unpaired) electrons. The van der Waals surface area contributed by atoms with Crippen molar-refractivity contribution in [3.63, 3.8) is 0 Å². The SMILES string of the molecule is Cc1c(N2CCC2)cnc2c(-c3ccc(F)c4[nH]ncc34)c(N)c(=O)[nH]c12. The summed E-state index contributed by atoms with van der Waals surface area (Å²) in [4.78, 5) is 22.3. The quantitative estimate of drug-likeness (QED) is 0.507. The molecule has 4 heterocycles. The minimum absolute atomic E-state index is 0.0557. The van der Waals surface area contributed by atoms with Crippen LogP contribution in [0, 0.1) is 12.7 Å². The van der Waals surface area contributed by atoms with Crippen molar-refractivity contribution in [3.05, 3.63) is 46.3 Å². The fourth-order valence-electron chi connectivity index (χ4n) is 3.73. The smallest absolute Gasteiger partial charge is 0.272 e. The van der Waals surface area contributed by atoms with Crippen LogP contribution in [0.3, 0.4) is 0 Å². The van der Waals surface area contributed by atoms with Crippen molar-refractivity contribution in [1.82, 2.24) is 20.2 Å². The number of anilines is 2. The Hall–Kier alpha value is -3.42. The number of pyridine rings is 2. The molecule has 4 aromatic rings. The van der Waals surface area contributed by atoms with Crippen molar-refractivity contribution in [2.24, 2.45) is 0 Å². The Kier molecular flexibility index (Phi) is 3.24. The predicted octanol–water partition coefficient (Wildman–Crippen LogP) is 2.71. The molecule has 0 unspecified atom stereocenters. The molecule has 1 fully saturated rings. The number of rotatable bonds is 2. The molecule has 0 saturated carbocycles. The zero-order valence-corrected chi connectivity index (χ0v) is 14.6. The Balaban J connectivity index is 1.87. The highest BCUT2D eigenvalue weighted by atomic mass is 19.1. The van der Waals surface area contributed by atoms with Crippen LogP contribution in [0.25, 0.3) is 33.1 Å². The third-order valence-corrected chi connectivity index (χ3v) is 5.33. The molecule has 136 valence electrons.